The summed E-state index contributed by atoms with van der Waals surface area (Å²) in [6.45, 7) is 13.3. The smallest absolute Gasteiger partial charge is 0.123 e. The number of hydrogen-bond acceptors (Lipinski definition) is 3. The highest BCUT2D eigenvalue weighted by Crippen LogP contribution is 2.37. The molecule has 1 heterocycles. The van der Waals surface area contributed by atoms with E-state index in [1.807, 2.05) is 43.3 Å². The molecule has 2 unspecified atom stereocenters. The van der Waals surface area contributed by atoms with Crippen molar-refractivity contribution in [2.75, 3.05) is 6.54 Å². The number of rotatable bonds is 9. The van der Waals surface area contributed by atoms with Crippen LogP contribution in [0.3, 0.4) is 0 Å². The van der Waals surface area contributed by atoms with Crippen molar-refractivity contribution < 1.29 is 4.39 Å². The summed E-state index contributed by atoms with van der Waals surface area (Å²) in [5, 5.41) is 9.36. The van der Waals surface area contributed by atoms with Crippen molar-refractivity contribution >= 4 is 5.57 Å². The molecule has 0 bridgehead atoms. The van der Waals surface area contributed by atoms with Gasteiger partial charge in [0, 0.05) is 11.3 Å². The van der Waals surface area contributed by atoms with Gasteiger partial charge in [0.25, 0.3) is 0 Å². The molecule has 0 aliphatic heterocycles. The van der Waals surface area contributed by atoms with E-state index in [-0.39, 0.29) is 5.82 Å². The highest BCUT2D eigenvalue weighted by Gasteiger charge is 2.24. The number of benzene rings is 2. The number of aryl methyl sites for hydroxylation is 2. The summed E-state index contributed by atoms with van der Waals surface area (Å²) in [5.74, 6) is 1.34. The molecule has 0 spiro atoms. The van der Waals surface area contributed by atoms with Crippen LogP contribution in [0.25, 0.3) is 16.8 Å². The van der Waals surface area contributed by atoms with Gasteiger partial charge in [-0.2, -0.15) is 5.26 Å². The zero-order chi connectivity index (χ0) is 27.5. The third-order valence-electron chi connectivity index (χ3n) is 7.39. The van der Waals surface area contributed by atoms with Gasteiger partial charge < -0.3 is 5.73 Å². The molecule has 3 aromatic rings. The van der Waals surface area contributed by atoms with Gasteiger partial charge in [-0.25, -0.2) is 4.39 Å². The number of pyridine rings is 1. The van der Waals surface area contributed by atoms with Crippen LogP contribution < -0.4 is 5.73 Å². The second-order valence-corrected chi connectivity index (χ2v) is 10.3. The summed E-state index contributed by atoms with van der Waals surface area (Å²) < 4.78 is 13.3. The van der Waals surface area contributed by atoms with E-state index in [4.69, 9.17) is 10.7 Å². The van der Waals surface area contributed by atoms with Gasteiger partial charge in [-0.15, -0.1) is 0 Å². The van der Waals surface area contributed by atoms with E-state index in [0.29, 0.717) is 5.56 Å². The van der Waals surface area contributed by atoms with Crippen LogP contribution in [0, 0.1) is 29.0 Å². The van der Waals surface area contributed by atoms with E-state index < -0.39 is 0 Å². The van der Waals surface area contributed by atoms with Gasteiger partial charge in [-0.05, 0) is 111 Å². The maximum absolute atomic E-state index is 13.3. The van der Waals surface area contributed by atoms with Gasteiger partial charge in [0.1, 0.15) is 5.82 Å². The monoisotopic (exact) mass is 509 g/mol. The average Bonchev–Trinajstić information content (AvgIpc) is 3.24. The second kappa shape index (κ2) is 14.4. The minimum atomic E-state index is -0.205. The summed E-state index contributed by atoms with van der Waals surface area (Å²) in [5.41, 5.74) is 13.1. The van der Waals surface area contributed by atoms with E-state index in [1.165, 1.54) is 30.9 Å². The normalized spacial score (nSPS) is 16.4. The number of aromatic nitrogens is 1. The van der Waals surface area contributed by atoms with Crippen LogP contribution in [0.2, 0.25) is 0 Å². The molecule has 38 heavy (non-hydrogen) atoms. The fourth-order valence-corrected chi connectivity index (χ4v) is 5.11. The predicted octanol–water partition coefficient (Wildman–Crippen LogP) is 8.30. The summed E-state index contributed by atoms with van der Waals surface area (Å²) >= 11 is 0. The summed E-state index contributed by atoms with van der Waals surface area (Å²) in [6, 6.07) is 20.4. The molecule has 2 aromatic carbocycles. The van der Waals surface area contributed by atoms with E-state index >= 15 is 0 Å². The van der Waals surface area contributed by atoms with Gasteiger partial charge in [0.15, 0.2) is 0 Å². The summed E-state index contributed by atoms with van der Waals surface area (Å²) in [6.07, 6.45) is 7.53. The van der Waals surface area contributed by atoms with E-state index in [0.717, 1.165) is 77.7 Å². The Kier molecular flexibility index (Phi) is 11.0. The fraction of sp³-hybridized carbons (Fsp3) is 0.353. The zero-order valence-corrected chi connectivity index (χ0v) is 22.8. The molecule has 4 rings (SSSR count). The van der Waals surface area contributed by atoms with Crippen molar-refractivity contribution in [3.05, 3.63) is 108 Å². The minimum absolute atomic E-state index is 0.205. The fourth-order valence-electron chi connectivity index (χ4n) is 5.11. The molecule has 0 amide bonds. The van der Waals surface area contributed by atoms with Crippen LogP contribution >= 0.6 is 0 Å². The Balaban J connectivity index is 0.000000304. The first-order valence-electron chi connectivity index (χ1n) is 13.6. The molecule has 2 N–H and O–H groups in total. The Bertz CT molecular complexity index is 1290. The lowest BCUT2D eigenvalue weighted by molar-refractivity contribution is 0.551. The molecule has 1 aliphatic rings. The Morgan fingerprint density at radius 2 is 1.87 bits per heavy atom. The van der Waals surface area contributed by atoms with Crippen molar-refractivity contribution in [1.82, 2.24) is 4.98 Å². The molecule has 0 saturated heterocycles. The van der Waals surface area contributed by atoms with E-state index in [2.05, 4.69) is 26.2 Å². The first-order valence-corrected chi connectivity index (χ1v) is 13.6. The van der Waals surface area contributed by atoms with Crippen LogP contribution in [0.4, 0.5) is 4.39 Å². The van der Waals surface area contributed by atoms with Crippen LogP contribution in [-0.2, 0) is 12.8 Å². The molecule has 0 radical (unpaired) electrons. The summed E-state index contributed by atoms with van der Waals surface area (Å²) in [4.78, 5) is 4.84. The number of allylic oxidation sites excluding steroid dienone is 2. The number of nitrogens with two attached hydrogens (primary N) is 1. The molecule has 4 heteroatoms. The van der Waals surface area contributed by atoms with Crippen LogP contribution in [-0.4, -0.2) is 11.5 Å². The maximum Gasteiger partial charge on any atom is 0.123 e. The first kappa shape index (κ1) is 29.0. The molecule has 198 valence electrons. The van der Waals surface area contributed by atoms with Crippen molar-refractivity contribution in [2.45, 2.75) is 58.8 Å². The van der Waals surface area contributed by atoms with Crippen molar-refractivity contribution in [3.63, 3.8) is 0 Å². The predicted molar refractivity (Wildman–Crippen MR) is 157 cm³/mol. The van der Waals surface area contributed by atoms with Gasteiger partial charge in [0.05, 0.1) is 17.3 Å². The topological polar surface area (TPSA) is 62.7 Å². The Morgan fingerprint density at radius 3 is 2.53 bits per heavy atom. The zero-order valence-electron chi connectivity index (χ0n) is 22.8. The molecular formula is C34H40FN3. The molecule has 1 aromatic heterocycles. The SMILES string of the molecule is C=C(C)c1ccc(-c2ccccc2C#N)nc1CCCc1cccc(F)c1.C=C1C(C)CCC1CCCN. The third-order valence-corrected chi connectivity index (χ3v) is 7.39. The van der Waals surface area contributed by atoms with E-state index in [9.17, 15) is 9.65 Å². The van der Waals surface area contributed by atoms with Gasteiger partial charge in [-0.3, -0.25) is 4.98 Å². The van der Waals surface area contributed by atoms with Crippen LogP contribution in [0.5, 0.6) is 0 Å². The lowest BCUT2D eigenvalue weighted by Crippen LogP contribution is -2.04. The largest absolute Gasteiger partial charge is 0.330 e. The van der Waals surface area contributed by atoms with Gasteiger partial charge in [-0.1, -0.05) is 62.1 Å². The van der Waals surface area contributed by atoms with Gasteiger partial charge in [0.2, 0.25) is 0 Å². The molecule has 2 atom stereocenters. The molecule has 1 saturated carbocycles. The van der Waals surface area contributed by atoms with Crippen molar-refractivity contribution in [2.24, 2.45) is 17.6 Å². The second-order valence-electron chi connectivity index (χ2n) is 10.3. The maximum atomic E-state index is 13.3. The Labute approximate surface area is 227 Å². The van der Waals surface area contributed by atoms with E-state index in [1.54, 1.807) is 18.2 Å². The van der Waals surface area contributed by atoms with Crippen LogP contribution in [0.1, 0.15) is 68.3 Å². The standard InChI is InChI=1S/C24H21FN2.C10H19N/c1-17(2)21-13-14-24(22-11-4-3-9-19(22)16-26)27-23(21)12-6-8-18-7-5-10-20(25)15-18;1-8-5-6-10(9(8)2)4-3-7-11/h3-5,7,9-11,13-15H,1,6,8,12H2,2H3;8,10H,2-7,11H2,1H3. The number of halogens is 1. The first-order chi connectivity index (χ1) is 18.3. The van der Waals surface area contributed by atoms with Crippen molar-refractivity contribution in [1.29, 1.82) is 5.26 Å². The molecule has 1 aliphatic carbocycles. The lowest BCUT2D eigenvalue weighted by atomic mass is 9.95. The molecular weight excluding hydrogens is 469 g/mol. The molecule has 3 nitrogen and oxygen atoms in total. The summed E-state index contributed by atoms with van der Waals surface area (Å²) in [7, 11) is 0. The highest BCUT2D eigenvalue weighted by atomic mass is 19.1. The number of nitrogens with zero attached hydrogens (tertiary/aromatic N) is 2. The average molecular weight is 510 g/mol. The highest BCUT2D eigenvalue weighted by molar-refractivity contribution is 5.71. The molecule has 1 fully saturated rings. The number of nitriles is 1. The lowest BCUT2D eigenvalue weighted by Gasteiger charge is -2.12. The number of hydrogen-bond donors (Lipinski definition) is 1. The third kappa shape index (κ3) is 7.97. The Hall–Kier alpha value is -3.55. The Morgan fingerprint density at radius 1 is 1.08 bits per heavy atom. The van der Waals surface area contributed by atoms with Crippen molar-refractivity contribution in [3.8, 4) is 17.3 Å². The van der Waals surface area contributed by atoms with Crippen LogP contribution in [0.15, 0.2) is 79.4 Å². The quantitative estimate of drug-likeness (QED) is 0.295. The van der Waals surface area contributed by atoms with Gasteiger partial charge >= 0.3 is 0 Å². The minimum Gasteiger partial charge on any atom is -0.330 e.